The van der Waals surface area contributed by atoms with E-state index < -0.39 is 0 Å². The molecule has 2 aromatic carbocycles. The molecule has 1 aliphatic rings. The van der Waals surface area contributed by atoms with Crippen LogP contribution < -0.4 is 10.1 Å². The molecule has 1 atom stereocenters. The van der Waals surface area contributed by atoms with Crippen molar-refractivity contribution in [3.63, 3.8) is 0 Å². The van der Waals surface area contributed by atoms with Gasteiger partial charge < -0.3 is 23.9 Å². The summed E-state index contributed by atoms with van der Waals surface area (Å²) in [5.41, 5.74) is 3.46. The highest BCUT2D eigenvalue weighted by atomic mass is 16.5. The van der Waals surface area contributed by atoms with Gasteiger partial charge in [0, 0.05) is 23.5 Å². The summed E-state index contributed by atoms with van der Waals surface area (Å²) in [4.78, 5) is 27.9. The molecule has 0 saturated carbocycles. The van der Waals surface area contributed by atoms with Crippen molar-refractivity contribution in [2.75, 3.05) is 13.7 Å². The van der Waals surface area contributed by atoms with Crippen molar-refractivity contribution in [2.45, 2.75) is 12.6 Å². The normalized spacial score (nSPS) is 15.2. The molecule has 7 nitrogen and oxygen atoms in total. The molecule has 32 heavy (non-hydrogen) atoms. The zero-order valence-electron chi connectivity index (χ0n) is 17.9. The topological polar surface area (TPSA) is 76.7 Å². The monoisotopic (exact) mass is 429 g/mol. The number of furan rings is 1. The van der Waals surface area contributed by atoms with Crippen LogP contribution >= 0.6 is 0 Å². The van der Waals surface area contributed by atoms with Crippen molar-refractivity contribution >= 4 is 22.7 Å². The van der Waals surface area contributed by atoms with Crippen molar-refractivity contribution < 1.29 is 18.7 Å². The molecule has 0 saturated heterocycles. The fraction of sp³-hybridized carbons (Fsp3) is 0.200. The number of rotatable bonds is 6. The van der Waals surface area contributed by atoms with Crippen LogP contribution in [0.1, 0.15) is 33.4 Å². The third kappa shape index (κ3) is 3.22. The number of para-hydroxylation sites is 1. The number of ether oxygens (including phenoxy) is 1. The predicted molar refractivity (Wildman–Crippen MR) is 119 cm³/mol. The van der Waals surface area contributed by atoms with Crippen LogP contribution in [0.4, 0.5) is 0 Å². The van der Waals surface area contributed by atoms with Gasteiger partial charge in [0.1, 0.15) is 23.7 Å². The Labute approximate surface area is 185 Å². The van der Waals surface area contributed by atoms with Crippen LogP contribution in [0.3, 0.4) is 0 Å². The molecule has 0 spiro atoms. The standard InChI is InChI=1S/C25H23N3O4/c1-27-20-8-4-3-7-19(20)22-23(16-9-11-17(31-2)12-10-16)28(25(30)24(22)27)15-21(29)26-14-18-6-5-13-32-18/h3-13,23H,14-15H2,1-2H3,(H,26,29)/t23-/m0/s1. The van der Waals surface area contributed by atoms with E-state index in [-0.39, 0.29) is 30.9 Å². The van der Waals surface area contributed by atoms with Gasteiger partial charge in [-0.2, -0.15) is 0 Å². The quantitative estimate of drug-likeness (QED) is 0.508. The Morgan fingerprint density at radius 1 is 1.09 bits per heavy atom. The first-order chi connectivity index (χ1) is 15.6. The number of fused-ring (bicyclic) bond motifs is 3. The molecule has 162 valence electrons. The molecule has 1 N–H and O–H groups in total. The van der Waals surface area contributed by atoms with Crippen LogP contribution in [-0.2, 0) is 18.4 Å². The summed E-state index contributed by atoms with van der Waals surface area (Å²) in [5, 5.41) is 3.85. The van der Waals surface area contributed by atoms with Crippen molar-refractivity contribution in [2.24, 2.45) is 7.05 Å². The Balaban J connectivity index is 1.53. The summed E-state index contributed by atoms with van der Waals surface area (Å²) < 4.78 is 12.5. The first-order valence-electron chi connectivity index (χ1n) is 10.4. The lowest BCUT2D eigenvalue weighted by atomic mass is 9.98. The summed E-state index contributed by atoms with van der Waals surface area (Å²) in [7, 11) is 3.51. The number of carbonyl (C=O) groups excluding carboxylic acids is 2. The Kier molecular flexibility index (Phi) is 4.93. The highest BCUT2D eigenvalue weighted by Gasteiger charge is 2.42. The first-order valence-corrected chi connectivity index (χ1v) is 10.4. The van der Waals surface area contributed by atoms with Gasteiger partial charge in [-0.05, 0) is 35.9 Å². The maximum atomic E-state index is 13.5. The Morgan fingerprint density at radius 2 is 1.88 bits per heavy atom. The maximum Gasteiger partial charge on any atom is 0.272 e. The van der Waals surface area contributed by atoms with Crippen LogP contribution in [0, 0.1) is 0 Å². The number of hydrogen-bond acceptors (Lipinski definition) is 4. The molecule has 0 fully saturated rings. The van der Waals surface area contributed by atoms with Crippen molar-refractivity contribution in [1.82, 2.24) is 14.8 Å². The molecule has 4 aromatic rings. The second kappa shape index (κ2) is 7.92. The van der Waals surface area contributed by atoms with Gasteiger partial charge in [0.15, 0.2) is 0 Å². The third-order valence-electron chi connectivity index (χ3n) is 5.98. The maximum absolute atomic E-state index is 13.5. The van der Waals surface area contributed by atoms with Gasteiger partial charge in [-0.25, -0.2) is 0 Å². The van der Waals surface area contributed by atoms with Crippen LogP contribution in [0.25, 0.3) is 10.9 Å². The van der Waals surface area contributed by atoms with Gasteiger partial charge in [0.2, 0.25) is 5.91 Å². The van der Waals surface area contributed by atoms with Crippen molar-refractivity contribution in [3.8, 4) is 5.75 Å². The lowest BCUT2D eigenvalue weighted by Gasteiger charge is -2.26. The number of carbonyl (C=O) groups is 2. The van der Waals surface area contributed by atoms with Crippen molar-refractivity contribution in [1.29, 1.82) is 0 Å². The zero-order chi connectivity index (χ0) is 22.2. The average molecular weight is 429 g/mol. The van der Waals surface area contributed by atoms with E-state index >= 15 is 0 Å². The largest absolute Gasteiger partial charge is 0.497 e. The second-order valence-corrected chi connectivity index (χ2v) is 7.80. The third-order valence-corrected chi connectivity index (χ3v) is 5.98. The molecular weight excluding hydrogens is 406 g/mol. The van der Waals surface area contributed by atoms with Gasteiger partial charge >= 0.3 is 0 Å². The summed E-state index contributed by atoms with van der Waals surface area (Å²) in [5.74, 6) is 0.990. The molecule has 7 heteroatoms. The van der Waals surface area contributed by atoms with E-state index in [0.29, 0.717) is 11.5 Å². The highest BCUT2D eigenvalue weighted by Crippen LogP contribution is 2.43. The SMILES string of the molecule is COc1ccc([C@H]2c3c(n(C)c4ccccc34)C(=O)N2CC(=O)NCc2ccco2)cc1. The van der Waals surface area contributed by atoms with Crippen LogP contribution in [0.15, 0.2) is 71.3 Å². The molecule has 5 rings (SSSR count). The van der Waals surface area contributed by atoms with Gasteiger partial charge in [0.05, 0.1) is 26.0 Å². The number of benzene rings is 2. The minimum absolute atomic E-state index is 0.0563. The van der Waals surface area contributed by atoms with Gasteiger partial charge in [-0.15, -0.1) is 0 Å². The van der Waals surface area contributed by atoms with E-state index in [0.717, 1.165) is 27.8 Å². The molecule has 2 amide bonds. The van der Waals surface area contributed by atoms with Crippen molar-refractivity contribution in [3.05, 3.63) is 89.5 Å². The Hall–Kier alpha value is -4.00. The lowest BCUT2D eigenvalue weighted by Crippen LogP contribution is -2.39. The Bertz CT molecular complexity index is 1290. The van der Waals surface area contributed by atoms with E-state index in [2.05, 4.69) is 5.32 Å². The smallest absolute Gasteiger partial charge is 0.272 e. The molecule has 1 aliphatic heterocycles. The predicted octanol–water partition coefficient (Wildman–Crippen LogP) is 3.64. The van der Waals surface area contributed by atoms with E-state index in [1.54, 1.807) is 30.4 Å². The number of hydrogen-bond donors (Lipinski definition) is 1. The van der Waals surface area contributed by atoms with Crippen LogP contribution in [0.2, 0.25) is 0 Å². The molecule has 0 radical (unpaired) electrons. The molecule has 0 aliphatic carbocycles. The zero-order valence-corrected chi connectivity index (χ0v) is 17.9. The van der Waals surface area contributed by atoms with E-state index in [4.69, 9.17) is 9.15 Å². The van der Waals surface area contributed by atoms with Gasteiger partial charge in [0.25, 0.3) is 5.91 Å². The van der Waals surface area contributed by atoms with Gasteiger partial charge in [-0.3, -0.25) is 9.59 Å². The molecule has 0 unspecified atom stereocenters. The number of nitrogens with zero attached hydrogens (tertiary/aromatic N) is 2. The fourth-order valence-corrected chi connectivity index (χ4v) is 4.47. The minimum atomic E-state index is -0.371. The second-order valence-electron chi connectivity index (χ2n) is 7.80. The highest BCUT2D eigenvalue weighted by molar-refractivity contribution is 6.07. The van der Waals surface area contributed by atoms with Crippen LogP contribution in [-0.4, -0.2) is 34.9 Å². The summed E-state index contributed by atoms with van der Waals surface area (Å²) in [6, 6.07) is 18.8. The van der Waals surface area contributed by atoms with E-state index in [1.165, 1.54) is 0 Å². The number of aryl methyl sites for hydroxylation is 1. The number of methoxy groups -OCH3 is 1. The lowest BCUT2D eigenvalue weighted by molar-refractivity contribution is -0.122. The minimum Gasteiger partial charge on any atom is -0.497 e. The molecule has 3 heterocycles. The first kappa shape index (κ1) is 19.9. The molecule has 0 bridgehead atoms. The van der Waals surface area contributed by atoms with Gasteiger partial charge in [-0.1, -0.05) is 30.3 Å². The summed E-state index contributed by atoms with van der Waals surface area (Å²) in [6.07, 6.45) is 1.56. The van der Waals surface area contributed by atoms with Crippen LogP contribution in [0.5, 0.6) is 5.75 Å². The molecular formula is C25H23N3O4. The van der Waals surface area contributed by atoms with E-state index in [9.17, 15) is 9.59 Å². The Morgan fingerprint density at radius 3 is 2.59 bits per heavy atom. The fourth-order valence-electron chi connectivity index (χ4n) is 4.47. The summed E-state index contributed by atoms with van der Waals surface area (Å²) in [6.45, 7) is 0.218. The molecule has 2 aromatic heterocycles. The number of aromatic nitrogens is 1. The number of nitrogens with one attached hydrogen (secondary N) is 1. The average Bonchev–Trinajstić information content (AvgIpc) is 3.51. The summed E-state index contributed by atoms with van der Waals surface area (Å²) >= 11 is 0. The van der Waals surface area contributed by atoms with E-state index in [1.807, 2.05) is 60.1 Å². The number of amides is 2.